The number of pyridine rings is 1. The number of rotatable bonds is 8. The Balaban J connectivity index is 1.39. The minimum Gasteiger partial charge on any atom is -0.494 e. The van der Waals surface area contributed by atoms with Gasteiger partial charge in [-0.15, -0.1) is 10.2 Å². The summed E-state index contributed by atoms with van der Waals surface area (Å²) in [4.78, 5) is 29.9. The standard InChI is InChI=1S/C23H25FN6O6/c1-13-6-15(8-18(26-13)22(31)25-9-14-4-5-17(24)19(7-14)33-2)21-27-29-30(28-21)10-16-11-36-20(12-35-16)23(32)34-3/h4-8,16,20H,9-12H2,1-3H3,(H,25,31)/t16-,20-/m0/s1. The van der Waals surface area contributed by atoms with Crippen LogP contribution in [0.25, 0.3) is 11.4 Å². The largest absolute Gasteiger partial charge is 0.494 e. The fraction of sp³-hybridized carbons (Fsp3) is 0.391. The van der Waals surface area contributed by atoms with Crippen molar-refractivity contribution in [3.63, 3.8) is 0 Å². The molecule has 1 aliphatic heterocycles. The van der Waals surface area contributed by atoms with Crippen LogP contribution < -0.4 is 10.1 Å². The number of amides is 1. The van der Waals surface area contributed by atoms with E-state index in [1.807, 2.05) is 0 Å². The van der Waals surface area contributed by atoms with Crippen molar-refractivity contribution in [3.8, 4) is 17.1 Å². The fourth-order valence-corrected chi connectivity index (χ4v) is 3.54. The zero-order valence-corrected chi connectivity index (χ0v) is 19.9. The molecule has 0 bridgehead atoms. The van der Waals surface area contributed by atoms with E-state index in [1.165, 1.54) is 31.1 Å². The van der Waals surface area contributed by atoms with E-state index in [-0.39, 0.29) is 43.9 Å². The summed E-state index contributed by atoms with van der Waals surface area (Å²) < 4.78 is 34.3. The van der Waals surface area contributed by atoms with Crippen LogP contribution in [0.3, 0.4) is 0 Å². The van der Waals surface area contributed by atoms with E-state index in [2.05, 4.69) is 30.4 Å². The summed E-state index contributed by atoms with van der Waals surface area (Å²) >= 11 is 0. The Bertz CT molecular complexity index is 1240. The molecule has 0 spiro atoms. The minimum atomic E-state index is -0.750. The average molecular weight is 500 g/mol. The van der Waals surface area contributed by atoms with Crippen LogP contribution in [-0.4, -0.2) is 76.7 Å². The summed E-state index contributed by atoms with van der Waals surface area (Å²) in [5.41, 5.74) is 2.00. The lowest BCUT2D eigenvalue weighted by Gasteiger charge is -2.27. The first kappa shape index (κ1) is 25.1. The zero-order chi connectivity index (χ0) is 25.7. The second-order valence-electron chi connectivity index (χ2n) is 8.00. The van der Waals surface area contributed by atoms with E-state index in [9.17, 15) is 14.0 Å². The Morgan fingerprint density at radius 2 is 2.03 bits per heavy atom. The maximum Gasteiger partial charge on any atom is 0.337 e. The van der Waals surface area contributed by atoms with Gasteiger partial charge in [-0.1, -0.05) is 6.07 Å². The van der Waals surface area contributed by atoms with Gasteiger partial charge < -0.3 is 24.3 Å². The first-order valence-corrected chi connectivity index (χ1v) is 11.0. The van der Waals surface area contributed by atoms with E-state index in [0.29, 0.717) is 22.6 Å². The van der Waals surface area contributed by atoms with Gasteiger partial charge in [0.25, 0.3) is 5.91 Å². The summed E-state index contributed by atoms with van der Waals surface area (Å²) in [6.45, 7) is 2.43. The third-order valence-corrected chi connectivity index (χ3v) is 5.36. The number of hydrogen-bond donors (Lipinski definition) is 1. The predicted molar refractivity (Wildman–Crippen MR) is 121 cm³/mol. The highest BCUT2D eigenvalue weighted by molar-refractivity contribution is 5.93. The first-order chi connectivity index (χ1) is 17.4. The lowest BCUT2D eigenvalue weighted by molar-refractivity contribution is -0.180. The summed E-state index contributed by atoms with van der Waals surface area (Å²) in [7, 11) is 2.66. The second kappa shape index (κ2) is 11.2. The average Bonchev–Trinajstić information content (AvgIpc) is 3.36. The van der Waals surface area contributed by atoms with Crippen molar-refractivity contribution >= 4 is 11.9 Å². The monoisotopic (exact) mass is 500 g/mol. The molecule has 0 unspecified atom stereocenters. The Kier molecular flexibility index (Phi) is 7.80. The smallest absolute Gasteiger partial charge is 0.337 e. The summed E-state index contributed by atoms with van der Waals surface area (Å²) in [6.07, 6.45) is -1.11. The van der Waals surface area contributed by atoms with Crippen LogP contribution in [0, 0.1) is 12.7 Å². The van der Waals surface area contributed by atoms with E-state index in [4.69, 9.17) is 14.2 Å². The quantitative estimate of drug-likeness (QED) is 0.447. The number of nitrogens with one attached hydrogen (secondary N) is 1. The normalized spacial score (nSPS) is 17.4. The molecule has 0 radical (unpaired) electrons. The number of benzene rings is 1. The van der Waals surface area contributed by atoms with Crippen LogP contribution in [0.1, 0.15) is 21.7 Å². The molecule has 36 heavy (non-hydrogen) atoms. The second-order valence-corrected chi connectivity index (χ2v) is 8.00. The number of carbonyl (C=O) groups is 2. The van der Waals surface area contributed by atoms with Gasteiger partial charge in [0, 0.05) is 17.8 Å². The highest BCUT2D eigenvalue weighted by Gasteiger charge is 2.29. The van der Waals surface area contributed by atoms with Crippen molar-refractivity contribution in [2.75, 3.05) is 27.4 Å². The summed E-state index contributed by atoms with van der Waals surface area (Å²) in [6, 6.07) is 7.66. The lowest BCUT2D eigenvalue weighted by Crippen LogP contribution is -2.42. The first-order valence-electron chi connectivity index (χ1n) is 11.0. The molecule has 1 aliphatic rings. The summed E-state index contributed by atoms with van der Waals surface area (Å²) in [5, 5.41) is 15.2. The van der Waals surface area contributed by atoms with Crippen LogP contribution in [0.2, 0.25) is 0 Å². The van der Waals surface area contributed by atoms with Gasteiger partial charge >= 0.3 is 5.97 Å². The van der Waals surface area contributed by atoms with Gasteiger partial charge in [-0.25, -0.2) is 14.2 Å². The molecule has 190 valence electrons. The number of esters is 1. The van der Waals surface area contributed by atoms with Crippen LogP contribution in [0.4, 0.5) is 4.39 Å². The number of carbonyl (C=O) groups excluding carboxylic acids is 2. The van der Waals surface area contributed by atoms with Crippen molar-refractivity contribution in [1.29, 1.82) is 0 Å². The van der Waals surface area contributed by atoms with Crippen molar-refractivity contribution in [2.24, 2.45) is 0 Å². The van der Waals surface area contributed by atoms with Gasteiger partial charge in [0.2, 0.25) is 5.82 Å². The third kappa shape index (κ3) is 5.98. The highest BCUT2D eigenvalue weighted by atomic mass is 19.1. The molecule has 1 fully saturated rings. The number of aromatic nitrogens is 5. The predicted octanol–water partition coefficient (Wildman–Crippen LogP) is 1.08. The molecule has 3 heterocycles. The fourth-order valence-electron chi connectivity index (χ4n) is 3.54. The molecule has 1 amide bonds. The van der Waals surface area contributed by atoms with E-state index >= 15 is 0 Å². The third-order valence-electron chi connectivity index (χ3n) is 5.36. The van der Waals surface area contributed by atoms with Crippen LogP contribution in [-0.2, 0) is 32.1 Å². The van der Waals surface area contributed by atoms with E-state index in [0.717, 1.165) is 0 Å². The maximum absolute atomic E-state index is 13.6. The van der Waals surface area contributed by atoms with Gasteiger partial charge in [-0.05, 0) is 42.0 Å². The Labute approximate surface area is 205 Å². The van der Waals surface area contributed by atoms with Gasteiger partial charge in [-0.3, -0.25) is 4.79 Å². The van der Waals surface area contributed by atoms with Gasteiger partial charge in [0.05, 0.1) is 34.0 Å². The van der Waals surface area contributed by atoms with E-state index < -0.39 is 23.8 Å². The zero-order valence-electron chi connectivity index (χ0n) is 19.9. The van der Waals surface area contributed by atoms with Gasteiger partial charge in [0.1, 0.15) is 11.8 Å². The van der Waals surface area contributed by atoms with Crippen molar-refractivity contribution in [3.05, 3.63) is 53.1 Å². The number of ether oxygens (including phenoxy) is 4. The number of halogens is 1. The molecule has 1 saturated heterocycles. The Morgan fingerprint density at radius 3 is 2.75 bits per heavy atom. The molecule has 2 atom stereocenters. The lowest BCUT2D eigenvalue weighted by atomic mass is 10.1. The molecule has 12 nitrogen and oxygen atoms in total. The van der Waals surface area contributed by atoms with Crippen molar-refractivity contribution in [2.45, 2.75) is 32.2 Å². The molecule has 1 aromatic carbocycles. The molecule has 0 saturated carbocycles. The number of hydrogen-bond acceptors (Lipinski definition) is 10. The molecule has 13 heteroatoms. The molecule has 4 rings (SSSR count). The topological polar surface area (TPSA) is 140 Å². The highest BCUT2D eigenvalue weighted by Crippen LogP contribution is 2.19. The van der Waals surface area contributed by atoms with Crippen LogP contribution in [0.5, 0.6) is 5.75 Å². The molecular weight excluding hydrogens is 475 g/mol. The molecule has 3 aromatic rings. The maximum atomic E-state index is 13.6. The number of methoxy groups -OCH3 is 2. The summed E-state index contributed by atoms with van der Waals surface area (Å²) in [5.74, 6) is -0.975. The molecule has 2 aromatic heterocycles. The molecular formula is C23H25FN6O6. The van der Waals surface area contributed by atoms with Gasteiger partial charge in [0.15, 0.2) is 17.7 Å². The van der Waals surface area contributed by atoms with Crippen LogP contribution >= 0.6 is 0 Å². The van der Waals surface area contributed by atoms with Crippen molar-refractivity contribution in [1.82, 2.24) is 30.5 Å². The minimum absolute atomic E-state index is 0.0750. The number of nitrogens with zero attached hydrogens (tertiary/aromatic N) is 5. The number of tetrazole rings is 1. The Hall–Kier alpha value is -3.97. The van der Waals surface area contributed by atoms with E-state index in [1.54, 1.807) is 25.1 Å². The SMILES string of the molecule is COC(=O)[C@@H]1CO[C@@H](Cn2nnc(-c3cc(C)nc(C(=O)NCc4ccc(F)c(OC)c4)c3)n2)CO1. The van der Waals surface area contributed by atoms with Crippen molar-refractivity contribution < 1.29 is 32.9 Å². The Morgan fingerprint density at radius 1 is 1.19 bits per heavy atom. The number of aryl methyl sites for hydroxylation is 1. The molecule has 0 aliphatic carbocycles. The van der Waals surface area contributed by atoms with Crippen LogP contribution in [0.15, 0.2) is 30.3 Å². The van der Waals surface area contributed by atoms with Gasteiger partial charge in [-0.2, -0.15) is 4.80 Å². The molecule has 1 N–H and O–H groups in total.